The van der Waals surface area contributed by atoms with Crippen molar-refractivity contribution >= 4 is 5.91 Å². The van der Waals surface area contributed by atoms with E-state index >= 15 is 0 Å². The van der Waals surface area contributed by atoms with Crippen LogP contribution in [0.1, 0.15) is 33.6 Å². The fourth-order valence-corrected chi connectivity index (χ4v) is 3.49. The van der Waals surface area contributed by atoms with Gasteiger partial charge in [0.05, 0.1) is 18.4 Å². The third kappa shape index (κ3) is 5.27. The maximum atomic E-state index is 13.5. The number of carbonyl (C=O) groups is 1. The van der Waals surface area contributed by atoms with Crippen LogP contribution in [0.25, 0.3) is 5.69 Å². The molecule has 8 heteroatoms. The van der Waals surface area contributed by atoms with Crippen molar-refractivity contribution in [1.29, 1.82) is 0 Å². The van der Waals surface area contributed by atoms with Gasteiger partial charge in [0, 0.05) is 32.7 Å². The van der Waals surface area contributed by atoms with E-state index < -0.39 is 0 Å². The number of H-pyrrole nitrogens is 1. The lowest BCUT2D eigenvalue weighted by Crippen LogP contribution is -2.33. The Hall–Kier alpha value is -3.36. The SMILES string of the molecule is COc1ccc(CN(CCCO)C(=O)c2[nH]n(-c3ccc(C)cc3)c(=O)c2CCO)cc1. The molecule has 0 saturated heterocycles. The first-order valence-corrected chi connectivity index (χ1v) is 10.5. The number of ether oxygens (including phenoxy) is 1. The molecule has 1 aromatic heterocycles. The first kappa shape index (κ1) is 23.3. The van der Waals surface area contributed by atoms with Gasteiger partial charge in [-0.25, -0.2) is 4.68 Å². The van der Waals surface area contributed by atoms with Crippen LogP contribution in [0.15, 0.2) is 53.3 Å². The van der Waals surface area contributed by atoms with Crippen molar-refractivity contribution in [1.82, 2.24) is 14.7 Å². The van der Waals surface area contributed by atoms with Crippen molar-refractivity contribution in [3.05, 3.63) is 81.3 Å². The highest BCUT2D eigenvalue weighted by Gasteiger charge is 2.25. The molecule has 0 aliphatic heterocycles. The molecule has 8 nitrogen and oxygen atoms in total. The summed E-state index contributed by atoms with van der Waals surface area (Å²) >= 11 is 0. The molecule has 0 fully saturated rings. The number of rotatable bonds is 10. The molecule has 3 aromatic rings. The number of aryl methyl sites for hydroxylation is 1. The zero-order valence-electron chi connectivity index (χ0n) is 18.4. The number of benzene rings is 2. The van der Waals surface area contributed by atoms with E-state index in [-0.39, 0.29) is 42.4 Å². The Balaban J connectivity index is 1.97. The molecule has 0 radical (unpaired) electrons. The molecule has 0 saturated carbocycles. The van der Waals surface area contributed by atoms with E-state index in [0.717, 1.165) is 11.1 Å². The highest BCUT2D eigenvalue weighted by molar-refractivity contribution is 5.93. The van der Waals surface area contributed by atoms with E-state index in [1.807, 2.05) is 43.3 Å². The number of aliphatic hydroxyl groups excluding tert-OH is 2. The Morgan fingerprint density at radius 3 is 2.34 bits per heavy atom. The Morgan fingerprint density at radius 1 is 1.06 bits per heavy atom. The normalized spacial score (nSPS) is 10.9. The molecule has 3 rings (SSSR count). The number of aromatic amines is 1. The second-order valence-corrected chi connectivity index (χ2v) is 7.57. The standard InChI is InChI=1S/C24H29N3O5/c1-17-4-8-19(9-5-17)27-23(30)21(12-15-29)22(25-27)24(31)26(13-3-14-28)16-18-6-10-20(32-2)11-7-18/h4-11,25,28-29H,3,12-16H2,1-2H3. The third-order valence-electron chi connectivity index (χ3n) is 5.26. The highest BCUT2D eigenvalue weighted by Crippen LogP contribution is 2.17. The van der Waals surface area contributed by atoms with Crippen LogP contribution >= 0.6 is 0 Å². The summed E-state index contributed by atoms with van der Waals surface area (Å²) in [7, 11) is 1.59. The number of hydrogen-bond donors (Lipinski definition) is 3. The van der Waals surface area contributed by atoms with Crippen molar-refractivity contribution < 1.29 is 19.7 Å². The van der Waals surface area contributed by atoms with Gasteiger partial charge in [-0.15, -0.1) is 0 Å². The summed E-state index contributed by atoms with van der Waals surface area (Å²) in [6.07, 6.45) is 0.464. The summed E-state index contributed by atoms with van der Waals surface area (Å²) in [5.74, 6) is 0.354. The monoisotopic (exact) mass is 439 g/mol. The topological polar surface area (TPSA) is 108 Å². The molecule has 3 N–H and O–H groups in total. The Bertz CT molecular complexity index is 1080. The van der Waals surface area contributed by atoms with Gasteiger partial charge in [-0.05, 0) is 43.2 Å². The second-order valence-electron chi connectivity index (χ2n) is 7.57. The number of nitrogens with zero attached hydrogens (tertiary/aromatic N) is 2. The van der Waals surface area contributed by atoms with Crippen LogP contribution < -0.4 is 10.3 Å². The molecule has 0 atom stereocenters. The van der Waals surface area contributed by atoms with Gasteiger partial charge < -0.3 is 19.8 Å². The maximum absolute atomic E-state index is 13.5. The lowest BCUT2D eigenvalue weighted by atomic mass is 10.1. The zero-order chi connectivity index (χ0) is 23.1. The van der Waals surface area contributed by atoms with Crippen molar-refractivity contribution in [3.8, 4) is 11.4 Å². The predicted molar refractivity (Wildman–Crippen MR) is 121 cm³/mol. The minimum atomic E-state index is -0.363. The van der Waals surface area contributed by atoms with E-state index in [0.29, 0.717) is 30.9 Å². The molecule has 0 bridgehead atoms. The van der Waals surface area contributed by atoms with Gasteiger partial charge in [-0.1, -0.05) is 29.8 Å². The first-order valence-electron chi connectivity index (χ1n) is 10.5. The van der Waals surface area contributed by atoms with Gasteiger partial charge in [0.25, 0.3) is 11.5 Å². The minimum absolute atomic E-state index is 0.0587. The summed E-state index contributed by atoms with van der Waals surface area (Å²) in [5, 5.41) is 21.8. The van der Waals surface area contributed by atoms with E-state index in [1.54, 1.807) is 24.1 Å². The molecule has 170 valence electrons. The summed E-state index contributed by atoms with van der Waals surface area (Å²) in [6.45, 7) is 2.26. The van der Waals surface area contributed by atoms with Gasteiger partial charge in [0.2, 0.25) is 0 Å². The summed E-state index contributed by atoms with van der Waals surface area (Å²) < 4.78 is 6.51. The van der Waals surface area contributed by atoms with Gasteiger partial charge >= 0.3 is 0 Å². The summed E-state index contributed by atoms with van der Waals surface area (Å²) in [4.78, 5) is 28.1. The van der Waals surface area contributed by atoms with Crippen molar-refractivity contribution in [2.45, 2.75) is 26.3 Å². The van der Waals surface area contributed by atoms with Crippen molar-refractivity contribution in [3.63, 3.8) is 0 Å². The summed E-state index contributed by atoms with van der Waals surface area (Å²) in [5.41, 5.74) is 2.57. The molecule has 0 aliphatic carbocycles. The maximum Gasteiger partial charge on any atom is 0.275 e. The lowest BCUT2D eigenvalue weighted by molar-refractivity contribution is 0.0724. The predicted octanol–water partition coefficient (Wildman–Crippen LogP) is 2.04. The number of methoxy groups -OCH3 is 1. The molecule has 0 unspecified atom stereocenters. The van der Waals surface area contributed by atoms with Crippen molar-refractivity contribution in [2.75, 3.05) is 26.9 Å². The van der Waals surface area contributed by atoms with E-state index in [9.17, 15) is 19.8 Å². The van der Waals surface area contributed by atoms with Gasteiger partial charge in [0.15, 0.2) is 0 Å². The Morgan fingerprint density at radius 2 is 1.75 bits per heavy atom. The smallest absolute Gasteiger partial charge is 0.275 e. The van der Waals surface area contributed by atoms with Gasteiger partial charge in [-0.2, -0.15) is 0 Å². The quantitative estimate of drug-likeness (QED) is 0.448. The third-order valence-corrected chi connectivity index (χ3v) is 5.26. The largest absolute Gasteiger partial charge is 0.497 e. The Labute approximate surface area is 186 Å². The molecule has 0 aliphatic rings. The first-order chi connectivity index (χ1) is 15.5. The highest BCUT2D eigenvalue weighted by atomic mass is 16.5. The fraction of sp³-hybridized carbons (Fsp3) is 0.333. The van der Waals surface area contributed by atoms with Crippen LogP contribution in [0, 0.1) is 6.92 Å². The molecular weight excluding hydrogens is 410 g/mol. The van der Waals surface area contributed by atoms with Crippen LogP contribution in [-0.2, 0) is 13.0 Å². The van der Waals surface area contributed by atoms with Crippen molar-refractivity contribution in [2.24, 2.45) is 0 Å². The fourth-order valence-electron chi connectivity index (χ4n) is 3.49. The van der Waals surface area contributed by atoms with E-state index in [4.69, 9.17) is 4.74 Å². The van der Waals surface area contributed by atoms with E-state index in [1.165, 1.54) is 4.68 Å². The average molecular weight is 440 g/mol. The average Bonchev–Trinajstić information content (AvgIpc) is 3.13. The number of nitrogens with one attached hydrogen (secondary N) is 1. The molecule has 0 spiro atoms. The second kappa shape index (κ2) is 10.8. The van der Waals surface area contributed by atoms with Crippen LogP contribution in [0.5, 0.6) is 5.75 Å². The van der Waals surface area contributed by atoms with E-state index in [2.05, 4.69) is 5.10 Å². The number of amides is 1. The lowest BCUT2D eigenvalue weighted by Gasteiger charge is -2.22. The van der Waals surface area contributed by atoms with Gasteiger partial charge in [-0.3, -0.25) is 14.7 Å². The van der Waals surface area contributed by atoms with Crippen LogP contribution in [0.4, 0.5) is 0 Å². The molecule has 2 aromatic carbocycles. The van der Waals surface area contributed by atoms with Crippen LogP contribution in [0.2, 0.25) is 0 Å². The number of carbonyl (C=O) groups excluding carboxylic acids is 1. The molecular formula is C24H29N3O5. The van der Waals surface area contributed by atoms with Crippen LogP contribution in [0.3, 0.4) is 0 Å². The zero-order valence-corrected chi connectivity index (χ0v) is 18.4. The van der Waals surface area contributed by atoms with Crippen LogP contribution in [-0.4, -0.2) is 57.7 Å². The number of aliphatic hydroxyl groups is 2. The summed E-state index contributed by atoms with van der Waals surface area (Å²) in [6, 6.07) is 14.7. The number of hydrogen-bond acceptors (Lipinski definition) is 5. The molecule has 32 heavy (non-hydrogen) atoms. The Kier molecular flexibility index (Phi) is 7.86. The number of aromatic nitrogens is 2. The minimum Gasteiger partial charge on any atom is -0.497 e. The molecule has 1 heterocycles. The molecule has 1 amide bonds. The van der Waals surface area contributed by atoms with Gasteiger partial charge in [0.1, 0.15) is 11.4 Å².